The Hall–Kier alpha value is -1.07. The molecule has 1 aromatic heterocycles. The van der Waals surface area contributed by atoms with Crippen LogP contribution >= 0.6 is 11.3 Å². The molecular weight excluding hydrogens is 280 g/mol. The zero-order chi connectivity index (χ0) is 15.1. The molecule has 1 fully saturated rings. The van der Waals surface area contributed by atoms with E-state index in [-0.39, 0.29) is 0 Å². The van der Waals surface area contributed by atoms with Crippen LogP contribution < -0.4 is 10.6 Å². The normalized spacial score (nSPS) is 20.8. The number of nitrogens with zero attached hydrogens (tertiary/aromatic N) is 2. The number of likely N-dealkylation sites (tertiary alicyclic amines) is 1. The van der Waals surface area contributed by atoms with Crippen LogP contribution in [0.25, 0.3) is 0 Å². The minimum atomic E-state index is 0.656. The largest absolute Gasteiger partial charge is 0.356 e. The molecule has 4 nitrogen and oxygen atoms in total. The molecule has 1 aromatic rings. The van der Waals surface area contributed by atoms with Gasteiger partial charge in [0.1, 0.15) is 0 Å². The van der Waals surface area contributed by atoms with Gasteiger partial charge in [-0.2, -0.15) is 11.3 Å². The maximum atomic E-state index is 4.31. The van der Waals surface area contributed by atoms with E-state index in [4.69, 9.17) is 0 Å². The Balaban J connectivity index is 1.72. The first-order chi connectivity index (χ1) is 10.2. The van der Waals surface area contributed by atoms with Gasteiger partial charge in [-0.15, -0.1) is 0 Å². The van der Waals surface area contributed by atoms with Crippen molar-refractivity contribution in [3.05, 3.63) is 22.4 Å². The Kier molecular flexibility index (Phi) is 6.51. The maximum absolute atomic E-state index is 4.31. The number of piperidine rings is 1. The highest BCUT2D eigenvalue weighted by atomic mass is 32.1. The molecule has 118 valence electrons. The standard InChI is InChI=1S/C16H28N4S/c1-13(2)20-7-4-5-14(11-20)9-18-16(17-3)19-10-15-6-8-21-12-15/h6,8,12-14H,4-5,7,9-11H2,1-3H3,(H2,17,18,19). The SMILES string of the molecule is CN=C(NCc1ccsc1)NCC1CCCN(C(C)C)C1. The summed E-state index contributed by atoms with van der Waals surface area (Å²) in [6.45, 7) is 8.87. The van der Waals surface area contributed by atoms with Gasteiger partial charge in [-0.3, -0.25) is 4.99 Å². The van der Waals surface area contributed by atoms with Crippen molar-refractivity contribution in [3.8, 4) is 0 Å². The third kappa shape index (κ3) is 5.32. The van der Waals surface area contributed by atoms with Crippen LogP contribution in [0.2, 0.25) is 0 Å². The molecule has 5 heteroatoms. The van der Waals surface area contributed by atoms with Gasteiger partial charge in [0.05, 0.1) is 0 Å². The molecule has 0 aromatic carbocycles. The lowest BCUT2D eigenvalue weighted by molar-refractivity contribution is 0.141. The number of rotatable bonds is 5. The number of guanidine groups is 1. The van der Waals surface area contributed by atoms with Crippen LogP contribution in [-0.4, -0.2) is 43.6 Å². The molecule has 1 aliphatic rings. The van der Waals surface area contributed by atoms with Crippen molar-refractivity contribution in [2.24, 2.45) is 10.9 Å². The number of nitrogens with one attached hydrogen (secondary N) is 2. The van der Waals surface area contributed by atoms with E-state index < -0.39 is 0 Å². The van der Waals surface area contributed by atoms with Gasteiger partial charge in [-0.05, 0) is 61.5 Å². The molecule has 1 unspecified atom stereocenters. The second-order valence-corrected chi connectivity index (χ2v) is 6.82. The van der Waals surface area contributed by atoms with Crippen molar-refractivity contribution in [1.82, 2.24) is 15.5 Å². The Labute approximate surface area is 132 Å². The van der Waals surface area contributed by atoms with Crippen molar-refractivity contribution in [2.75, 3.05) is 26.7 Å². The molecule has 2 heterocycles. The Morgan fingerprint density at radius 1 is 1.48 bits per heavy atom. The number of thiophene rings is 1. The molecule has 2 rings (SSSR count). The predicted molar refractivity (Wildman–Crippen MR) is 92.0 cm³/mol. The van der Waals surface area contributed by atoms with E-state index in [9.17, 15) is 0 Å². The third-order valence-corrected chi connectivity index (χ3v) is 4.83. The average Bonchev–Trinajstić information content (AvgIpc) is 3.01. The second-order valence-electron chi connectivity index (χ2n) is 6.04. The molecule has 0 bridgehead atoms. The van der Waals surface area contributed by atoms with Crippen LogP contribution in [0.1, 0.15) is 32.3 Å². The molecule has 21 heavy (non-hydrogen) atoms. The Bertz CT molecular complexity index is 427. The smallest absolute Gasteiger partial charge is 0.191 e. The summed E-state index contributed by atoms with van der Waals surface area (Å²) < 4.78 is 0. The Morgan fingerprint density at radius 3 is 3.00 bits per heavy atom. The lowest BCUT2D eigenvalue weighted by Crippen LogP contribution is -2.45. The summed E-state index contributed by atoms with van der Waals surface area (Å²) in [4.78, 5) is 6.89. The summed E-state index contributed by atoms with van der Waals surface area (Å²) in [7, 11) is 1.84. The summed E-state index contributed by atoms with van der Waals surface area (Å²) in [5.41, 5.74) is 1.31. The molecule has 0 saturated carbocycles. The summed E-state index contributed by atoms with van der Waals surface area (Å²) in [5, 5.41) is 11.1. The molecule has 0 aliphatic carbocycles. The summed E-state index contributed by atoms with van der Waals surface area (Å²) >= 11 is 1.73. The van der Waals surface area contributed by atoms with E-state index in [0.29, 0.717) is 6.04 Å². The molecule has 0 spiro atoms. The number of hydrogen-bond acceptors (Lipinski definition) is 3. The predicted octanol–water partition coefficient (Wildman–Crippen LogP) is 2.53. The van der Waals surface area contributed by atoms with Crippen molar-refractivity contribution >= 4 is 17.3 Å². The lowest BCUT2D eigenvalue weighted by Gasteiger charge is -2.35. The van der Waals surface area contributed by atoms with Crippen molar-refractivity contribution in [2.45, 2.75) is 39.3 Å². The fraction of sp³-hybridized carbons (Fsp3) is 0.688. The average molecular weight is 308 g/mol. The van der Waals surface area contributed by atoms with E-state index in [1.54, 1.807) is 11.3 Å². The second kappa shape index (κ2) is 8.39. The van der Waals surface area contributed by atoms with Gasteiger partial charge < -0.3 is 15.5 Å². The van der Waals surface area contributed by atoms with Gasteiger partial charge in [0.2, 0.25) is 0 Å². The van der Waals surface area contributed by atoms with Crippen LogP contribution in [0.5, 0.6) is 0 Å². The van der Waals surface area contributed by atoms with E-state index >= 15 is 0 Å². The highest BCUT2D eigenvalue weighted by molar-refractivity contribution is 7.07. The fourth-order valence-corrected chi connectivity index (χ4v) is 3.44. The third-order valence-electron chi connectivity index (χ3n) is 4.10. The molecule has 0 amide bonds. The van der Waals surface area contributed by atoms with Gasteiger partial charge in [-0.25, -0.2) is 0 Å². The highest BCUT2D eigenvalue weighted by Gasteiger charge is 2.21. The van der Waals surface area contributed by atoms with Crippen LogP contribution in [0, 0.1) is 5.92 Å². The molecule has 2 N–H and O–H groups in total. The topological polar surface area (TPSA) is 39.7 Å². The number of hydrogen-bond donors (Lipinski definition) is 2. The van der Waals surface area contributed by atoms with Gasteiger partial charge in [0.25, 0.3) is 0 Å². The molecule has 0 radical (unpaired) electrons. The van der Waals surface area contributed by atoms with E-state index in [0.717, 1.165) is 25.0 Å². The van der Waals surface area contributed by atoms with Crippen LogP contribution in [-0.2, 0) is 6.54 Å². The maximum Gasteiger partial charge on any atom is 0.191 e. The van der Waals surface area contributed by atoms with E-state index in [1.165, 1.54) is 31.5 Å². The zero-order valence-corrected chi connectivity index (χ0v) is 14.2. The highest BCUT2D eigenvalue weighted by Crippen LogP contribution is 2.17. The van der Waals surface area contributed by atoms with E-state index in [1.807, 2.05) is 7.05 Å². The zero-order valence-electron chi connectivity index (χ0n) is 13.4. The molecular formula is C16H28N4S. The van der Waals surface area contributed by atoms with Crippen molar-refractivity contribution < 1.29 is 0 Å². The minimum absolute atomic E-state index is 0.656. The molecule has 1 saturated heterocycles. The summed E-state index contributed by atoms with van der Waals surface area (Å²) in [6, 6.07) is 2.80. The quantitative estimate of drug-likeness (QED) is 0.649. The first kappa shape index (κ1) is 16.3. The summed E-state index contributed by atoms with van der Waals surface area (Å²) in [5.74, 6) is 1.63. The fourth-order valence-electron chi connectivity index (χ4n) is 2.77. The van der Waals surface area contributed by atoms with Crippen molar-refractivity contribution in [1.29, 1.82) is 0 Å². The molecule has 1 aliphatic heterocycles. The first-order valence-electron chi connectivity index (χ1n) is 7.88. The van der Waals surface area contributed by atoms with Crippen molar-refractivity contribution in [3.63, 3.8) is 0 Å². The number of aliphatic imine (C=N–C) groups is 1. The van der Waals surface area contributed by atoms with Crippen LogP contribution in [0.15, 0.2) is 21.8 Å². The monoisotopic (exact) mass is 308 g/mol. The van der Waals surface area contributed by atoms with E-state index in [2.05, 4.69) is 51.2 Å². The first-order valence-corrected chi connectivity index (χ1v) is 8.83. The van der Waals surface area contributed by atoms with Gasteiger partial charge in [0.15, 0.2) is 5.96 Å². The van der Waals surface area contributed by atoms with Gasteiger partial charge in [0, 0.05) is 32.7 Å². The lowest BCUT2D eigenvalue weighted by atomic mass is 9.97. The van der Waals surface area contributed by atoms with Crippen LogP contribution in [0.4, 0.5) is 0 Å². The molecule has 1 atom stereocenters. The summed E-state index contributed by atoms with van der Waals surface area (Å²) in [6.07, 6.45) is 2.63. The van der Waals surface area contributed by atoms with Gasteiger partial charge in [-0.1, -0.05) is 0 Å². The minimum Gasteiger partial charge on any atom is -0.356 e. The van der Waals surface area contributed by atoms with Crippen LogP contribution in [0.3, 0.4) is 0 Å². The Morgan fingerprint density at radius 2 is 2.33 bits per heavy atom. The van der Waals surface area contributed by atoms with Gasteiger partial charge >= 0.3 is 0 Å².